The molecular weight excluding hydrogens is 398 g/mol. The number of carbonyl (C=O) groups is 2. The first kappa shape index (κ1) is 22.7. The number of hydrogen-bond donors (Lipinski definition) is 0. The molecule has 0 saturated heterocycles. The molecule has 158 valence electrons. The molecular formula is C21H26ClNO6. The van der Waals surface area contributed by atoms with Crippen LogP contribution in [0.15, 0.2) is 21.3 Å². The highest BCUT2D eigenvalue weighted by Crippen LogP contribution is 2.32. The van der Waals surface area contributed by atoms with E-state index in [-0.39, 0.29) is 37.1 Å². The van der Waals surface area contributed by atoms with Crippen LogP contribution in [0.4, 0.5) is 0 Å². The molecule has 0 aliphatic rings. The van der Waals surface area contributed by atoms with Crippen molar-refractivity contribution in [1.29, 1.82) is 0 Å². The van der Waals surface area contributed by atoms with Gasteiger partial charge in [-0.3, -0.25) is 9.59 Å². The highest BCUT2D eigenvalue weighted by atomic mass is 35.5. The molecule has 0 aliphatic heterocycles. The summed E-state index contributed by atoms with van der Waals surface area (Å²) in [7, 11) is 0. The van der Waals surface area contributed by atoms with Crippen molar-refractivity contribution in [3.05, 3.63) is 38.7 Å². The highest BCUT2D eigenvalue weighted by molar-refractivity contribution is 6.32. The van der Waals surface area contributed by atoms with Crippen LogP contribution in [-0.4, -0.2) is 43.1 Å². The van der Waals surface area contributed by atoms with E-state index in [0.29, 0.717) is 46.8 Å². The Morgan fingerprint density at radius 3 is 2.48 bits per heavy atom. The molecule has 0 aliphatic carbocycles. The van der Waals surface area contributed by atoms with E-state index >= 15 is 0 Å². The van der Waals surface area contributed by atoms with Crippen molar-refractivity contribution in [2.45, 2.75) is 40.5 Å². The molecule has 0 N–H and O–H groups in total. The topological polar surface area (TPSA) is 86.1 Å². The summed E-state index contributed by atoms with van der Waals surface area (Å²) in [5.74, 6) is -0.259. The van der Waals surface area contributed by atoms with Gasteiger partial charge in [-0.2, -0.15) is 0 Å². The SMILES string of the molecule is CCOC(=O)CCc1c(C)c2cc(Cl)c(OCC(=O)N(CC)CC)cc2oc1=O. The Bertz CT molecular complexity index is 948. The fourth-order valence-corrected chi connectivity index (χ4v) is 3.28. The molecule has 0 saturated carbocycles. The van der Waals surface area contributed by atoms with Gasteiger partial charge in [0.25, 0.3) is 5.91 Å². The molecule has 2 rings (SSSR count). The average Bonchev–Trinajstić information content (AvgIpc) is 2.68. The van der Waals surface area contributed by atoms with Gasteiger partial charge in [-0.1, -0.05) is 11.6 Å². The van der Waals surface area contributed by atoms with E-state index in [0.717, 1.165) is 0 Å². The molecule has 1 heterocycles. The number of likely N-dealkylation sites (N-methyl/N-ethyl adjacent to an activating group) is 1. The van der Waals surface area contributed by atoms with E-state index in [1.807, 2.05) is 13.8 Å². The van der Waals surface area contributed by atoms with Crippen LogP contribution >= 0.6 is 11.6 Å². The molecule has 2 aromatic rings. The zero-order valence-electron chi connectivity index (χ0n) is 17.2. The Labute approximate surface area is 174 Å². The molecule has 1 amide bonds. The van der Waals surface area contributed by atoms with Gasteiger partial charge in [0.1, 0.15) is 11.3 Å². The predicted octanol–water partition coefficient (Wildman–Crippen LogP) is 3.50. The molecule has 0 bridgehead atoms. The number of esters is 1. The maximum atomic E-state index is 12.4. The van der Waals surface area contributed by atoms with Crippen LogP contribution in [0, 0.1) is 6.92 Å². The minimum Gasteiger partial charge on any atom is -0.482 e. The molecule has 1 aromatic carbocycles. The molecule has 0 spiro atoms. The van der Waals surface area contributed by atoms with E-state index in [2.05, 4.69) is 0 Å². The lowest BCUT2D eigenvalue weighted by molar-refractivity contribution is -0.143. The van der Waals surface area contributed by atoms with Crippen LogP contribution in [-0.2, 0) is 20.7 Å². The second-order valence-corrected chi connectivity index (χ2v) is 6.84. The number of aryl methyl sites for hydroxylation is 1. The first-order valence-electron chi connectivity index (χ1n) is 9.64. The lowest BCUT2D eigenvalue weighted by Crippen LogP contribution is -2.34. The monoisotopic (exact) mass is 423 g/mol. The summed E-state index contributed by atoms with van der Waals surface area (Å²) >= 11 is 6.32. The Kier molecular flexibility index (Phi) is 8.08. The maximum absolute atomic E-state index is 12.4. The number of amides is 1. The average molecular weight is 424 g/mol. The van der Waals surface area contributed by atoms with Gasteiger partial charge in [-0.15, -0.1) is 0 Å². The molecule has 1 aromatic heterocycles. The smallest absolute Gasteiger partial charge is 0.339 e. The quantitative estimate of drug-likeness (QED) is 0.453. The summed E-state index contributed by atoms with van der Waals surface area (Å²) in [6, 6.07) is 3.15. The van der Waals surface area contributed by atoms with Crippen LogP contribution in [0.25, 0.3) is 11.0 Å². The van der Waals surface area contributed by atoms with Gasteiger partial charge in [0.15, 0.2) is 6.61 Å². The minimum atomic E-state index is -0.521. The standard InChI is InChI=1S/C21H26ClNO6/c1-5-23(6-2)19(24)12-28-18-11-17-15(10-16(18)22)13(4)14(21(26)29-17)8-9-20(25)27-7-3/h10-11H,5-9,12H2,1-4H3. The largest absolute Gasteiger partial charge is 0.482 e. The number of fused-ring (bicyclic) bond motifs is 1. The molecule has 0 fully saturated rings. The molecule has 0 atom stereocenters. The third-order valence-corrected chi connectivity index (χ3v) is 4.99. The van der Waals surface area contributed by atoms with Gasteiger partial charge in [-0.25, -0.2) is 4.79 Å². The van der Waals surface area contributed by atoms with Crippen LogP contribution in [0.5, 0.6) is 5.75 Å². The number of halogens is 1. The number of benzene rings is 1. The second kappa shape index (κ2) is 10.3. The first-order chi connectivity index (χ1) is 13.8. The van der Waals surface area contributed by atoms with Crippen molar-refractivity contribution in [1.82, 2.24) is 4.90 Å². The Balaban J connectivity index is 2.28. The molecule has 29 heavy (non-hydrogen) atoms. The highest BCUT2D eigenvalue weighted by Gasteiger charge is 2.17. The summed E-state index contributed by atoms with van der Waals surface area (Å²) in [5, 5.41) is 0.953. The summed E-state index contributed by atoms with van der Waals surface area (Å²) in [6.45, 7) is 8.60. The van der Waals surface area contributed by atoms with E-state index in [1.165, 1.54) is 6.07 Å². The summed E-state index contributed by atoms with van der Waals surface area (Å²) in [4.78, 5) is 37.8. The van der Waals surface area contributed by atoms with Crippen molar-refractivity contribution >= 4 is 34.4 Å². The fraction of sp³-hybridized carbons (Fsp3) is 0.476. The maximum Gasteiger partial charge on any atom is 0.339 e. The van der Waals surface area contributed by atoms with E-state index in [1.54, 1.807) is 24.8 Å². The summed E-state index contributed by atoms with van der Waals surface area (Å²) in [6.07, 6.45) is 0.310. The second-order valence-electron chi connectivity index (χ2n) is 6.43. The number of ether oxygens (including phenoxy) is 2. The van der Waals surface area contributed by atoms with Crippen molar-refractivity contribution in [3.8, 4) is 5.75 Å². The van der Waals surface area contributed by atoms with E-state index in [9.17, 15) is 14.4 Å². The Morgan fingerprint density at radius 1 is 1.17 bits per heavy atom. The van der Waals surface area contributed by atoms with E-state index in [4.69, 9.17) is 25.5 Å². The normalized spacial score (nSPS) is 10.8. The Morgan fingerprint density at radius 2 is 1.86 bits per heavy atom. The lowest BCUT2D eigenvalue weighted by Gasteiger charge is -2.19. The fourth-order valence-electron chi connectivity index (χ4n) is 3.06. The molecule has 0 unspecified atom stereocenters. The minimum absolute atomic E-state index is 0.0906. The van der Waals surface area contributed by atoms with Crippen molar-refractivity contribution in [2.75, 3.05) is 26.3 Å². The number of nitrogens with zero attached hydrogens (tertiary/aromatic N) is 1. The molecule has 8 heteroatoms. The number of hydrogen-bond acceptors (Lipinski definition) is 6. The van der Waals surface area contributed by atoms with Gasteiger partial charge in [-0.05, 0) is 45.7 Å². The van der Waals surface area contributed by atoms with Crippen LogP contribution in [0.1, 0.15) is 38.3 Å². The summed E-state index contributed by atoms with van der Waals surface area (Å²) < 4.78 is 15.9. The first-order valence-corrected chi connectivity index (χ1v) is 10.0. The van der Waals surface area contributed by atoms with Crippen molar-refractivity contribution in [2.24, 2.45) is 0 Å². The molecule has 7 nitrogen and oxygen atoms in total. The van der Waals surface area contributed by atoms with Crippen LogP contribution in [0.3, 0.4) is 0 Å². The number of rotatable bonds is 9. The number of carbonyl (C=O) groups excluding carboxylic acids is 2. The van der Waals surface area contributed by atoms with Crippen LogP contribution in [0.2, 0.25) is 5.02 Å². The molecule has 0 radical (unpaired) electrons. The van der Waals surface area contributed by atoms with Crippen molar-refractivity contribution in [3.63, 3.8) is 0 Å². The van der Waals surface area contributed by atoms with Gasteiger partial charge in [0, 0.05) is 36.5 Å². The zero-order chi connectivity index (χ0) is 21.6. The predicted molar refractivity (Wildman–Crippen MR) is 111 cm³/mol. The third kappa shape index (κ3) is 5.50. The van der Waals surface area contributed by atoms with Gasteiger partial charge < -0.3 is 18.8 Å². The van der Waals surface area contributed by atoms with Crippen molar-refractivity contribution < 1.29 is 23.5 Å². The van der Waals surface area contributed by atoms with Gasteiger partial charge in [0.2, 0.25) is 0 Å². The third-order valence-electron chi connectivity index (χ3n) is 4.69. The Hall–Kier alpha value is -2.54. The van der Waals surface area contributed by atoms with Gasteiger partial charge in [0.05, 0.1) is 11.6 Å². The van der Waals surface area contributed by atoms with Gasteiger partial charge >= 0.3 is 11.6 Å². The van der Waals surface area contributed by atoms with Crippen LogP contribution < -0.4 is 10.4 Å². The lowest BCUT2D eigenvalue weighted by atomic mass is 10.0. The summed E-state index contributed by atoms with van der Waals surface area (Å²) in [5.41, 5.74) is 0.883. The zero-order valence-corrected chi connectivity index (χ0v) is 17.9. The van der Waals surface area contributed by atoms with E-state index < -0.39 is 5.63 Å².